The Labute approximate surface area is 170 Å². The van der Waals surface area contributed by atoms with Gasteiger partial charge >= 0.3 is 0 Å². The maximum absolute atomic E-state index is 13.0. The number of benzene rings is 3. The van der Waals surface area contributed by atoms with Gasteiger partial charge in [-0.2, -0.15) is 5.26 Å². The van der Waals surface area contributed by atoms with E-state index in [1.54, 1.807) is 12.1 Å². The predicted molar refractivity (Wildman–Crippen MR) is 113 cm³/mol. The van der Waals surface area contributed by atoms with Gasteiger partial charge < -0.3 is 9.47 Å². The molecule has 0 aromatic heterocycles. The first-order valence-corrected chi connectivity index (χ1v) is 9.42. The van der Waals surface area contributed by atoms with Gasteiger partial charge in [-0.05, 0) is 60.9 Å². The molecular formula is C25H22FNO2. The van der Waals surface area contributed by atoms with E-state index < -0.39 is 0 Å². The van der Waals surface area contributed by atoms with Crippen molar-refractivity contribution in [2.75, 3.05) is 6.61 Å². The van der Waals surface area contributed by atoms with Crippen LogP contribution in [0.15, 0.2) is 66.7 Å². The van der Waals surface area contributed by atoms with Crippen LogP contribution < -0.4 is 9.47 Å². The average molecular weight is 387 g/mol. The zero-order valence-corrected chi connectivity index (χ0v) is 16.5. The van der Waals surface area contributed by atoms with Crippen molar-refractivity contribution in [3.8, 4) is 17.6 Å². The fourth-order valence-electron chi connectivity index (χ4n) is 2.82. The number of nitrogens with zero attached hydrogens (tertiary/aromatic N) is 1. The Morgan fingerprint density at radius 1 is 0.966 bits per heavy atom. The lowest BCUT2D eigenvalue weighted by Crippen LogP contribution is -2.00. The highest BCUT2D eigenvalue weighted by Crippen LogP contribution is 2.31. The van der Waals surface area contributed by atoms with E-state index in [0.717, 1.165) is 22.3 Å². The van der Waals surface area contributed by atoms with Crippen molar-refractivity contribution in [3.05, 3.63) is 94.8 Å². The van der Waals surface area contributed by atoms with Gasteiger partial charge in [0, 0.05) is 0 Å². The summed E-state index contributed by atoms with van der Waals surface area (Å²) in [6, 6.07) is 21.9. The lowest BCUT2D eigenvalue weighted by atomic mass is 10.0. The minimum atomic E-state index is -0.276. The molecular weight excluding hydrogens is 365 g/mol. The molecule has 0 bridgehead atoms. The number of hydrogen-bond donors (Lipinski definition) is 0. The molecule has 0 saturated heterocycles. The van der Waals surface area contributed by atoms with Crippen molar-refractivity contribution in [2.24, 2.45) is 0 Å². The van der Waals surface area contributed by atoms with Crippen LogP contribution in [-0.4, -0.2) is 6.61 Å². The second-order valence-corrected chi connectivity index (χ2v) is 6.59. The van der Waals surface area contributed by atoms with Crippen molar-refractivity contribution in [2.45, 2.75) is 20.5 Å². The highest BCUT2D eigenvalue weighted by atomic mass is 19.1. The molecule has 3 aromatic rings. The van der Waals surface area contributed by atoms with Gasteiger partial charge in [-0.3, -0.25) is 0 Å². The van der Waals surface area contributed by atoms with Gasteiger partial charge in [-0.25, -0.2) is 4.39 Å². The van der Waals surface area contributed by atoms with Gasteiger partial charge in [0.2, 0.25) is 0 Å². The molecule has 0 saturated carbocycles. The van der Waals surface area contributed by atoms with Gasteiger partial charge in [0.05, 0.1) is 18.2 Å². The van der Waals surface area contributed by atoms with E-state index >= 15 is 0 Å². The third-order valence-electron chi connectivity index (χ3n) is 4.37. The van der Waals surface area contributed by atoms with E-state index in [2.05, 4.69) is 6.07 Å². The summed E-state index contributed by atoms with van der Waals surface area (Å²) in [5.74, 6) is 0.925. The van der Waals surface area contributed by atoms with Crippen LogP contribution in [0.2, 0.25) is 0 Å². The Morgan fingerprint density at radius 3 is 2.34 bits per heavy atom. The van der Waals surface area contributed by atoms with E-state index in [1.165, 1.54) is 12.1 Å². The first-order valence-electron chi connectivity index (χ1n) is 9.42. The van der Waals surface area contributed by atoms with Crippen molar-refractivity contribution in [1.29, 1.82) is 5.26 Å². The summed E-state index contributed by atoms with van der Waals surface area (Å²) in [6.45, 7) is 4.71. The molecule has 0 heterocycles. The third kappa shape index (κ3) is 5.46. The van der Waals surface area contributed by atoms with E-state index in [0.29, 0.717) is 30.3 Å². The summed E-state index contributed by atoms with van der Waals surface area (Å²) in [6.07, 6.45) is 1.83. The summed E-state index contributed by atoms with van der Waals surface area (Å²) >= 11 is 0. The average Bonchev–Trinajstić information content (AvgIpc) is 2.73. The zero-order valence-electron chi connectivity index (χ0n) is 16.5. The molecule has 0 N–H and O–H groups in total. The summed E-state index contributed by atoms with van der Waals surface area (Å²) in [7, 11) is 0. The lowest BCUT2D eigenvalue weighted by Gasteiger charge is -2.13. The second-order valence-electron chi connectivity index (χ2n) is 6.59. The highest BCUT2D eigenvalue weighted by Gasteiger charge is 2.08. The Hall–Kier alpha value is -3.58. The number of nitriles is 1. The Kier molecular flexibility index (Phi) is 6.65. The summed E-state index contributed by atoms with van der Waals surface area (Å²) in [5.41, 5.74) is 4.30. The van der Waals surface area contributed by atoms with Crippen molar-refractivity contribution < 1.29 is 13.9 Å². The molecule has 0 fully saturated rings. The fraction of sp³-hybridized carbons (Fsp3) is 0.160. The molecule has 4 heteroatoms. The van der Waals surface area contributed by atoms with Crippen LogP contribution in [0.5, 0.6) is 11.5 Å². The van der Waals surface area contributed by atoms with Gasteiger partial charge in [-0.15, -0.1) is 0 Å². The topological polar surface area (TPSA) is 42.2 Å². The maximum atomic E-state index is 13.0. The third-order valence-corrected chi connectivity index (χ3v) is 4.37. The van der Waals surface area contributed by atoms with Crippen LogP contribution in [0.1, 0.15) is 29.2 Å². The first kappa shape index (κ1) is 20.2. The monoisotopic (exact) mass is 387 g/mol. The number of halogens is 1. The minimum Gasteiger partial charge on any atom is -0.490 e. The summed E-state index contributed by atoms with van der Waals surface area (Å²) in [4.78, 5) is 0. The predicted octanol–water partition coefficient (Wildman–Crippen LogP) is 6.18. The molecule has 0 aliphatic heterocycles. The fourth-order valence-corrected chi connectivity index (χ4v) is 2.82. The normalized spacial score (nSPS) is 11.0. The summed E-state index contributed by atoms with van der Waals surface area (Å²) < 4.78 is 24.6. The van der Waals surface area contributed by atoms with Crippen LogP contribution >= 0.6 is 0 Å². The van der Waals surface area contributed by atoms with E-state index in [1.807, 2.05) is 62.4 Å². The van der Waals surface area contributed by atoms with E-state index in [9.17, 15) is 9.65 Å². The molecule has 3 nitrogen and oxygen atoms in total. The number of rotatable bonds is 7. The SMILES string of the molecule is CCOc1cc(/C=C(/C#N)c2ccc(C)cc2)ccc1OCc1ccc(F)cc1. The van der Waals surface area contributed by atoms with Crippen LogP contribution in [0.25, 0.3) is 11.6 Å². The van der Waals surface area contributed by atoms with Crippen molar-refractivity contribution >= 4 is 11.6 Å². The first-order chi connectivity index (χ1) is 14.1. The zero-order chi connectivity index (χ0) is 20.6. The quantitative estimate of drug-likeness (QED) is 0.359. The number of allylic oxidation sites excluding steroid dienone is 1. The van der Waals surface area contributed by atoms with Crippen LogP contribution in [0, 0.1) is 24.1 Å². The van der Waals surface area contributed by atoms with Gasteiger partial charge in [0.1, 0.15) is 12.4 Å². The maximum Gasteiger partial charge on any atom is 0.161 e. The van der Waals surface area contributed by atoms with Gasteiger partial charge in [0.15, 0.2) is 11.5 Å². The molecule has 0 spiro atoms. The molecule has 0 aliphatic carbocycles. The van der Waals surface area contributed by atoms with Gasteiger partial charge in [0.25, 0.3) is 0 Å². The molecule has 0 atom stereocenters. The van der Waals surface area contributed by atoms with E-state index in [4.69, 9.17) is 9.47 Å². The van der Waals surface area contributed by atoms with E-state index in [-0.39, 0.29) is 5.82 Å². The van der Waals surface area contributed by atoms with Crippen LogP contribution in [-0.2, 0) is 6.61 Å². The minimum absolute atomic E-state index is 0.276. The Balaban J connectivity index is 1.83. The Morgan fingerprint density at radius 2 is 1.69 bits per heavy atom. The number of aryl methyl sites for hydroxylation is 1. The molecule has 146 valence electrons. The van der Waals surface area contributed by atoms with Crippen LogP contribution in [0.3, 0.4) is 0 Å². The van der Waals surface area contributed by atoms with Gasteiger partial charge in [-0.1, -0.05) is 48.0 Å². The lowest BCUT2D eigenvalue weighted by molar-refractivity contribution is 0.269. The summed E-state index contributed by atoms with van der Waals surface area (Å²) in [5, 5.41) is 9.57. The molecule has 0 radical (unpaired) electrons. The molecule has 3 aromatic carbocycles. The molecule has 0 unspecified atom stereocenters. The second kappa shape index (κ2) is 9.57. The standard InChI is InChI=1S/C25H22FNO2/c1-3-28-25-15-20(14-22(16-27)21-9-4-18(2)5-10-21)8-13-24(25)29-17-19-6-11-23(26)12-7-19/h4-15H,3,17H2,1-2H3/b22-14-. The Bertz CT molecular complexity index is 1030. The largest absolute Gasteiger partial charge is 0.490 e. The smallest absolute Gasteiger partial charge is 0.161 e. The highest BCUT2D eigenvalue weighted by molar-refractivity contribution is 5.89. The molecule has 3 rings (SSSR count). The number of hydrogen-bond acceptors (Lipinski definition) is 3. The van der Waals surface area contributed by atoms with Crippen molar-refractivity contribution in [1.82, 2.24) is 0 Å². The van der Waals surface area contributed by atoms with Crippen molar-refractivity contribution in [3.63, 3.8) is 0 Å². The van der Waals surface area contributed by atoms with Crippen LogP contribution in [0.4, 0.5) is 4.39 Å². The molecule has 29 heavy (non-hydrogen) atoms. The molecule has 0 aliphatic rings. The number of ether oxygens (including phenoxy) is 2. The molecule has 0 amide bonds.